The van der Waals surface area contributed by atoms with E-state index in [2.05, 4.69) is 12.1 Å². The average Bonchev–Trinajstić information content (AvgIpc) is 2.23. The van der Waals surface area contributed by atoms with E-state index in [-0.39, 0.29) is 0 Å². The zero-order valence-electron chi connectivity index (χ0n) is 10.2. The number of aryl methyl sites for hydroxylation is 2. The Labute approximate surface area is 97.4 Å². The quantitative estimate of drug-likeness (QED) is 0.785. The lowest BCUT2D eigenvalue weighted by Crippen LogP contribution is -2.02. The summed E-state index contributed by atoms with van der Waals surface area (Å²) in [5.74, 6) is 0. The molecule has 2 heteroatoms. The maximum Gasteiger partial charge on any atom is 0.0968 e. The molecule has 0 atom stereocenters. The third kappa shape index (κ3) is 2.87. The smallest absolute Gasteiger partial charge is 0.0968 e. The Morgan fingerprint density at radius 2 is 1.81 bits per heavy atom. The molecule has 0 radical (unpaired) electrons. The molecule has 0 aliphatic rings. The zero-order chi connectivity index (χ0) is 12.1. The summed E-state index contributed by atoms with van der Waals surface area (Å²) in [4.78, 5) is 0. The minimum Gasteiger partial charge on any atom is -0.397 e. The summed E-state index contributed by atoms with van der Waals surface area (Å²) in [7, 11) is 0. The minimum absolute atomic E-state index is 0.621. The van der Waals surface area contributed by atoms with Gasteiger partial charge in [0.15, 0.2) is 0 Å². The lowest BCUT2D eigenvalue weighted by Gasteiger charge is -2.07. The molecule has 0 spiro atoms. The highest BCUT2D eigenvalue weighted by Gasteiger charge is 2.05. The summed E-state index contributed by atoms with van der Waals surface area (Å²) in [6.07, 6.45) is 1.68. The molecule has 0 aromatic heterocycles. The van der Waals surface area contributed by atoms with Crippen LogP contribution >= 0.6 is 0 Å². The standard InChI is InChI=1S/C14H18N2/c1-4-5-12(9-15)14(16)13-7-10(2)6-11(3)8-13/h6-8H,4-5,16H2,1-3H3/b14-12-. The molecule has 1 aromatic rings. The van der Waals surface area contributed by atoms with Crippen molar-refractivity contribution in [3.05, 3.63) is 40.5 Å². The number of nitrogens with two attached hydrogens (primary N) is 1. The van der Waals surface area contributed by atoms with E-state index in [0.29, 0.717) is 11.3 Å². The largest absolute Gasteiger partial charge is 0.397 e. The maximum absolute atomic E-state index is 9.04. The maximum atomic E-state index is 9.04. The van der Waals surface area contributed by atoms with Gasteiger partial charge in [0.1, 0.15) is 0 Å². The fourth-order valence-electron chi connectivity index (χ4n) is 1.81. The number of nitriles is 1. The molecule has 0 saturated carbocycles. The van der Waals surface area contributed by atoms with Gasteiger partial charge in [-0.2, -0.15) is 5.26 Å². The van der Waals surface area contributed by atoms with Gasteiger partial charge in [-0.1, -0.05) is 30.5 Å². The number of benzene rings is 1. The molecule has 0 unspecified atom stereocenters. The van der Waals surface area contributed by atoms with Crippen LogP contribution in [0.15, 0.2) is 23.8 Å². The van der Waals surface area contributed by atoms with Crippen molar-refractivity contribution in [3.63, 3.8) is 0 Å². The van der Waals surface area contributed by atoms with Crippen LogP contribution in [0.25, 0.3) is 5.70 Å². The van der Waals surface area contributed by atoms with Crippen LogP contribution in [0.5, 0.6) is 0 Å². The van der Waals surface area contributed by atoms with E-state index in [1.54, 1.807) is 0 Å². The van der Waals surface area contributed by atoms with Crippen molar-refractivity contribution in [1.82, 2.24) is 0 Å². The van der Waals surface area contributed by atoms with E-state index in [9.17, 15) is 0 Å². The van der Waals surface area contributed by atoms with Gasteiger partial charge >= 0.3 is 0 Å². The molecule has 84 valence electrons. The van der Waals surface area contributed by atoms with Gasteiger partial charge in [-0.3, -0.25) is 0 Å². The molecular formula is C14H18N2. The first-order valence-electron chi connectivity index (χ1n) is 5.55. The minimum atomic E-state index is 0.621. The molecule has 0 bridgehead atoms. The van der Waals surface area contributed by atoms with E-state index in [4.69, 9.17) is 11.0 Å². The van der Waals surface area contributed by atoms with Crippen LogP contribution in [0.3, 0.4) is 0 Å². The van der Waals surface area contributed by atoms with E-state index < -0.39 is 0 Å². The molecule has 1 rings (SSSR count). The highest BCUT2D eigenvalue weighted by molar-refractivity contribution is 5.69. The Balaban J connectivity index is 3.22. The monoisotopic (exact) mass is 214 g/mol. The van der Waals surface area contributed by atoms with E-state index >= 15 is 0 Å². The van der Waals surface area contributed by atoms with E-state index in [1.807, 2.05) is 32.9 Å². The normalized spacial score (nSPS) is 11.9. The predicted octanol–water partition coefficient (Wildman–Crippen LogP) is 3.30. The summed E-state index contributed by atoms with van der Waals surface area (Å²) in [5.41, 5.74) is 10.6. The molecule has 0 aliphatic carbocycles. The fraction of sp³-hybridized carbons (Fsp3) is 0.357. The first kappa shape index (κ1) is 12.3. The molecule has 0 aliphatic heterocycles. The van der Waals surface area contributed by atoms with Gasteiger partial charge in [-0.15, -0.1) is 0 Å². The van der Waals surface area contributed by atoms with Crippen molar-refractivity contribution < 1.29 is 0 Å². The van der Waals surface area contributed by atoms with Crippen molar-refractivity contribution >= 4 is 5.70 Å². The molecule has 2 nitrogen and oxygen atoms in total. The first-order valence-corrected chi connectivity index (χ1v) is 5.55. The Bertz CT molecular complexity index is 430. The second-order valence-electron chi connectivity index (χ2n) is 4.13. The highest BCUT2D eigenvalue weighted by Crippen LogP contribution is 2.19. The number of rotatable bonds is 3. The Kier molecular flexibility index (Phi) is 4.13. The lowest BCUT2D eigenvalue weighted by atomic mass is 10.0. The van der Waals surface area contributed by atoms with Crippen LogP contribution in [0.2, 0.25) is 0 Å². The number of hydrogen-bond acceptors (Lipinski definition) is 2. The van der Waals surface area contributed by atoms with Crippen molar-refractivity contribution in [2.75, 3.05) is 0 Å². The average molecular weight is 214 g/mol. The molecule has 1 aromatic carbocycles. The third-order valence-corrected chi connectivity index (χ3v) is 2.49. The van der Waals surface area contributed by atoms with Crippen LogP contribution in [-0.2, 0) is 0 Å². The van der Waals surface area contributed by atoms with Crippen molar-refractivity contribution in [1.29, 1.82) is 5.26 Å². The van der Waals surface area contributed by atoms with Crippen molar-refractivity contribution in [2.24, 2.45) is 5.73 Å². The summed E-state index contributed by atoms with van der Waals surface area (Å²) in [5, 5.41) is 9.04. The fourth-order valence-corrected chi connectivity index (χ4v) is 1.81. The Morgan fingerprint density at radius 1 is 1.25 bits per heavy atom. The van der Waals surface area contributed by atoms with Crippen LogP contribution in [0, 0.1) is 25.2 Å². The van der Waals surface area contributed by atoms with Crippen LogP contribution in [0.4, 0.5) is 0 Å². The summed E-state index contributed by atoms with van der Waals surface area (Å²) >= 11 is 0. The number of allylic oxidation sites excluding steroid dienone is 1. The van der Waals surface area contributed by atoms with Crippen LogP contribution in [0.1, 0.15) is 36.5 Å². The van der Waals surface area contributed by atoms with Gasteiger partial charge < -0.3 is 5.73 Å². The Hall–Kier alpha value is -1.75. The first-order chi connectivity index (χ1) is 7.58. The van der Waals surface area contributed by atoms with Crippen LogP contribution in [-0.4, -0.2) is 0 Å². The Morgan fingerprint density at radius 3 is 2.25 bits per heavy atom. The van der Waals surface area contributed by atoms with Crippen LogP contribution < -0.4 is 5.73 Å². The van der Waals surface area contributed by atoms with Gasteiger partial charge in [-0.25, -0.2) is 0 Å². The molecule has 0 saturated heterocycles. The topological polar surface area (TPSA) is 49.8 Å². The SMILES string of the molecule is CCC/C(C#N)=C(/N)c1cc(C)cc(C)c1. The van der Waals surface area contributed by atoms with E-state index in [1.165, 1.54) is 11.1 Å². The summed E-state index contributed by atoms with van der Waals surface area (Å²) in [6, 6.07) is 8.34. The van der Waals surface area contributed by atoms with E-state index in [0.717, 1.165) is 18.4 Å². The van der Waals surface area contributed by atoms with Crippen molar-refractivity contribution in [2.45, 2.75) is 33.6 Å². The molecule has 0 fully saturated rings. The van der Waals surface area contributed by atoms with Crippen molar-refractivity contribution in [3.8, 4) is 6.07 Å². The zero-order valence-corrected chi connectivity index (χ0v) is 10.2. The van der Waals surface area contributed by atoms with Gasteiger partial charge in [0.2, 0.25) is 0 Å². The van der Waals surface area contributed by atoms with Gasteiger partial charge in [0, 0.05) is 0 Å². The van der Waals surface area contributed by atoms with Gasteiger partial charge in [0.05, 0.1) is 17.3 Å². The highest BCUT2D eigenvalue weighted by atomic mass is 14.6. The molecule has 16 heavy (non-hydrogen) atoms. The molecule has 2 N–H and O–H groups in total. The number of hydrogen-bond donors (Lipinski definition) is 1. The van der Waals surface area contributed by atoms with Gasteiger partial charge in [-0.05, 0) is 38.0 Å². The number of nitrogens with zero attached hydrogens (tertiary/aromatic N) is 1. The van der Waals surface area contributed by atoms with Gasteiger partial charge in [0.25, 0.3) is 0 Å². The molecule has 0 amide bonds. The summed E-state index contributed by atoms with van der Waals surface area (Å²) < 4.78 is 0. The third-order valence-electron chi connectivity index (χ3n) is 2.49. The lowest BCUT2D eigenvalue weighted by molar-refractivity contribution is 0.929. The molecular weight excluding hydrogens is 196 g/mol. The molecule has 0 heterocycles. The predicted molar refractivity (Wildman–Crippen MR) is 67.5 cm³/mol. The second-order valence-corrected chi connectivity index (χ2v) is 4.13. The second kappa shape index (κ2) is 5.37. The summed E-state index contributed by atoms with van der Waals surface area (Å²) in [6.45, 7) is 6.12.